The van der Waals surface area contributed by atoms with Gasteiger partial charge in [0.15, 0.2) is 5.82 Å². The van der Waals surface area contributed by atoms with Crippen molar-refractivity contribution in [2.45, 2.75) is 52.0 Å². The number of rotatable bonds is 8. The quantitative estimate of drug-likeness (QED) is 0.218. The Morgan fingerprint density at radius 2 is 2.05 bits per heavy atom. The van der Waals surface area contributed by atoms with Crippen LogP contribution in [0.1, 0.15) is 68.0 Å². The average molecular weight is 550 g/mol. The minimum atomic E-state index is 0.691. The molecule has 0 saturated heterocycles. The largest absolute Gasteiger partial charge is 0.385 e. The molecule has 0 atom stereocenters. The van der Waals surface area contributed by atoms with Crippen molar-refractivity contribution in [3.05, 3.63) is 93.4 Å². The topological polar surface area (TPSA) is 94.3 Å². The summed E-state index contributed by atoms with van der Waals surface area (Å²) in [6, 6.07) is 4.20. The van der Waals surface area contributed by atoms with Gasteiger partial charge >= 0.3 is 0 Å². The van der Waals surface area contributed by atoms with Gasteiger partial charge in [0.1, 0.15) is 5.69 Å². The number of nitrogens with zero attached hydrogens (tertiary/aromatic N) is 3. The summed E-state index contributed by atoms with van der Waals surface area (Å²) in [5.41, 5.74) is 8.77. The molecule has 0 amide bonds. The molecule has 7 nitrogen and oxygen atoms in total. The summed E-state index contributed by atoms with van der Waals surface area (Å²) < 4.78 is 0. The number of aromatic amines is 2. The lowest BCUT2D eigenvalue weighted by Gasteiger charge is -2.22. The summed E-state index contributed by atoms with van der Waals surface area (Å²) in [5, 5.41) is 20.7. The highest BCUT2D eigenvalue weighted by molar-refractivity contribution is 7.08. The van der Waals surface area contributed by atoms with Crippen LogP contribution in [0.15, 0.2) is 60.3 Å². The van der Waals surface area contributed by atoms with Gasteiger partial charge in [-0.1, -0.05) is 51.3 Å². The van der Waals surface area contributed by atoms with Crippen LogP contribution in [0.4, 0.5) is 5.69 Å². The first-order valence-electron chi connectivity index (χ1n) is 14.0. The number of imidazole rings is 1. The maximum absolute atomic E-state index is 5.00. The second-order valence-corrected chi connectivity index (χ2v) is 11.4. The Kier molecular flexibility index (Phi) is 7.51. The van der Waals surface area contributed by atoms with Gasteiger partial charge in [-0.15, -0.1) is 0 Å². The first-order valence-corrected chi connectivity index (χ1v) is 14.9. The smallest absolute Gasteiger partial charge is 0.159 e. The van der Waals surface area contributed by atoms with Crippen LogP contribution in [0.2, 0.25) is 0 Å². The van der Waals surface area contributed by atoms with E-state index in [0.29, 0.717) is 6.54 Å². The molecule has 1 aliphatic carbocycles. The van der Waals surface area contributed by atoms with Crippen LogP contribution in [0.5, 0.6) is 0 Å². The van der Waals surface area contributed by atoms with Gasteiger partial charge in [0.05, 0.1) is 35.2 Å². The molecule has 5 heterocycles. The predicted molar refractivity (Wildman–Crippen MR) is 165 cm³/mol. The Balaban J connectivity index is 1.27. The van der Waals surface area contributed by atoms with Gasteiger partial charge in [0, 0.05) is 34.4 Å². The first kappa shape index (κ1) is 26.1. The Hall–Kier alpha value is -4.17. The highest BCUT2D eigenvalue weighted by Crippen LogP contribution is 2.31. The zero-order chi connectivity index (χ0) is 27.5. The van der Waals surface area contributed by atoms with Gasteiger partial charge in [-0.3, -0.25) is 10.1 Å². The van der Waals surface area contributed by atoms with Gasteiger partial charge in [0.2, 0.25) is 0 Å². The van der Waals surface area contributed by atoms with E-state index in [-0.39, 0.29) is 0 Å². The van der Waals surface area contributed by atoms with E-state index in [1.54, 1.807) is 11.3 Å². The zero-order valence-corrected chi connectivity index (χ0v) is 23.7. The Morgan fingerprint density at radius 3 is 2.85 bits per heavy atom. The van der Waals surface area contributed by atoms with Crippen molar-refractivity contribution in [1.29, 1.82) is 0 Å². The summed E-state index contributed by atoms with van der Waals surface area (Å²) in [6.45, 7) is 11.4. The minimum Gasteiger partial charge on any atom is -0.385 e. The highest BCUT2D eigenvalue weighted by atomic mass is 32.1. The number of thiophene rings is 1. The average Bonchev–Trinajstić information content (AvgIpc) is 3.73. The van der Waals surface area contributed by atoms with E-state index in [9.17, 15) is 0 Å². The summed E-state index contributed by atoms with van der Waals surface area (Å²) in [4.78, 5) is 13.0. The number of allylic oxidation sites excluding steroid dienone is 2. The SMILES string of the molecule is C=C(CC1CCCCC1)Nc1cncc(C(=C)/C=c2/c(-c3nc4c([nH]3)CNC=C4c3ccsc3)n[nH]/c2=C/C)c1. The summed E-state index contributed by atoms with van der Waals surface area (Å²) >= 11 is 1.68. The normalized spacial score (nSPS) is 16.4. The number of hydrogen-bond donors (Lipinski definition) is 4. The van der Waals surface area contributed by atoms with Gasteiger partial charge < -0.3 is 15.6 Å². The zero-order valence-electron chi connectivity index (χ0n) is 22.9. The third-order valence-corrected chi connectivity index (χ3v) is 8.43. The molecule has 1 saturated carbocycles. The fourth-order valence-corrected chi connectivity index (χ4v) is 6.34. The number of H-pyrrole nitrogens is 2. The second-order valence-electron chi connectivity index (χ2n) is 10.6. The molecule has 8 heteroatoms. The molecular weight excluding hydrogens is 514 g/mol. The Morgan fingerprint density at radius 1 is 1.18 bits per heavy atom. The number of hydrogen-bond acceptors (Lipinski definition) is 6. The molecule has 204 valence electrons. The predicted octanol–water partition coefficient (Wildman–Crippen LogP) is 5.94. The lowest BCUT2D eigenvalue weighted by atomic mass is 9.86. The minimum absolute atomic E-state index is 0.691. The number of anilines is 1. The summed E-state index contributed by atoms with van der Waals surface area (Å²) in [5.74, 6) is 1.46. The van der Waals surface area contributed by atoms with Crippen molar-refractivity contribution in [3.63, 3.8) is 0 Å². The van der Waals surface area contributed by atoms with E-state index in [2.05, 4.69) is 72.9 Å². The van der Waals surface area contributed by atoms with Crippen LogP contribution in [0.3, 0.4) is 0 Å². The molecule has 0 radical (unpaired) electrons. The monoisotopic (exact) mass is 549 g/mol. The molecule has 4 N–H and O–H groups in total. The van der Waals surface area contributed by atoms with Crippen LogP contribution >= 0.6 is 11.3 Å². The van der Waals surface area contributed by atoms with Crippen molar-refractivity contribution >= 4 is 40.3 Å². The van der Waals surface area contributed by atoms with Crippen molar-refractivity contribution in [3.8, 4) is 11.5 Å². The van der Waals surface area contributed by atoms with Crippen LogP contribution in [-0.2, 0) is 6.54 Å². The van der Waals surface area contributed by atoms with Crippen LogP contribution < -0.4 is 21.2 Å². The molecule has 2 aliphatic rings. The number of aromatic nitrogens is 5. The molecule has 1 fully saturated rings. The number of pyridine rings is 1. The Bertz CT molecular complexity index is 1680. The summed E-state index contributed by atoms with van der Waals surface area (Å²) in [7, 11) is 0. The molecule has 40 heavy (non-hydrogen) atoms. The third-order valence-electron chi connectivity index (χ3n) is 7.75. The maximum atomic E-state index is 5.00. The molecular formula is C32H35N7S. The molecule has 0 aromatic carbocycles. The van der Waals surface area contributed by atoms with Gasteiger partial charge in [-0.05, 0) is 59.4 Å². The molecule has 6 rings (SSSR count). The van der Waals surface area contributed by atoms with Crippen molar-refractivity contribution in [2.24, 2.45) is 5.92 Å². The fraction of sp³-hybridized carbons (Fsp3) is 0.281. The first-order chi connectivity index (χ1) is 19.6. The molecule has 0 spiro atoms. The Labute approximate surface area is 238 Å². The van der Waals surface area contributed by atoms with Gasteiger partial charge in [-0.2, -0.15) is 16.4 Å². The second kappa shape index (κ2) is 11.5. The highest BCUT2D eigenvalue weighted by Gasteiger charge is 2.21. The molecule has 4 aromatic heterocycles. The van der Waals surface area contributed by atoms with Crippen LogP contribution in [0.25, 0.3) is 34.8 Å². The third kappa shape index (κ3) is 5.45. The standard InChI is InChI=1S/C32H35N7S/c1-4-28-26(12-20(2)24-14-25(16-33-15-24)35-21(3)13-22-8-6-5-7-9-22)31(39-38-28)32-36-29-18-34-17-27(30(29)37-32)23-10-11-40-19-23/h4,10-12,14-17,19,22,34-35,38H,2-3,5-9,13,18H2,1H3,(H,36,37)/b26-12+,28-4+. The van der Waals surface area contributed by atoms with Crippen molar-refractivity contribution < 1.29 is 0 Å². The van der Waals surface area contributed by atoms with Gasteiger partial charge in [0.25, 0.3) is 0 Å². The fourth-order valence-electron chi connectivity index (χ4n) is 5.68. The van der Waals surface area contributed by atoms with Crippen molar-refractivity contribution in [1.82, 2.24) is 30.5 Å². The van der Waals surface area contributed by atoms with E-state index in [1.807, 2.05) is 31.6 Å². The molecule has 4 aromatic rings. The molecule has 1 aliphatic heterocycles. The van der Waals surface area contributed by atoms with Crippen LogP contribution in [-0.4, -0.2) is 25.1 Å². The molecule has 0 unspecified atom stereocenters. The summed E-state index contributed by atoms with van der Waals surface area (Å²) in [6.07, 6.45) is 17.4. The lowest BCUT2D eigenvalue weighted by molar-refractivity contribution is 0.357. The lowest BCUT2D eigenvalue weighted by Crippen LogP contribution is -2.23. The molecule has 0 bridgehead atoms. The van der Waals surface area contributed by atoms with E-state index < -0.39 is 0 Å². The van der Waals surface area contributed by atoms with E-state index >= 15 is 0 Å². The van der Waals surface area contributed by atoms with Gasteiger partial charge in [-0.25, -0.2) is 4.98 Å². The number of fused-ring (bicyclic) bond motifs is 1. The van der Waals surface area contributed by atoms with Crippen molar-refractivity contribution in [2.75, 3.05) is 5.32 Å². The van der Waals surface area contributed by atoms with E-state index in [0.717, 1.165) is 79.5 Å². The van der Waals surface area contributed by atoms with Crippen LogP contribution in [0, 0.1) is 5.92 Å². The maximum Gasteiger partial charge on any atom is 0.159 e. The number of nitrogens with one attached hydrogen (secondary N) is 4. The van der Waals surface area contributed by atoms with E-state index in [4.69, 9.17) is 4.98 Å². The van der Waals surface area contributed by atoms with E-state index in [1.165, 1.54) is 32.1 Å².